The highest BCUT2D eigenvalue weighted by molar-refractivity contribution is 5.71. The van der Waals surface area contributed by atoms with Gasteiger partial charge in [-0.15, -0.1) is 0 Å². The van der Waals surface area contributed by atoms with Gasteiger partial charge in [-0.25, -0.2) is 0 Å². The van der Waals surface area contributed by atoms with Gasteiger partial charge in [0.2, 0.25) is 0 Å². The number of ether oxygens (including phenoxy) is 3. The van der Waals surface area contributed by atoms with E-state index in [1.807, 2.05) is 0 Å². The smallest absolute Gasteiger partial charge is 0.306 e. The molecule has 0 aromatic carbocycles. The molecule has 0 radical (unpaired) electrons. The maximum absolute atomic E-state index is 12.9. The first kappa shape index (κ1) is 65.4. The van der Waals surface area contributed by atoms with Crippen molar-refractivity contribution < 1.29 is 28.6 Å². The molecule has 0 unspecified atom stereocenters. The minimum absolute atomic E-state index is 0.0619. The molecular weight excluding hydrogens is 829 g/mol. The molecule has 67 heavy (non-hydrogen) atoms. The van der Waals surface area contributed by atoms with Gasteiger partial charge in [-0.05, 0) is 25.2 Å². The Labute approximate surface area is 418 Å². The van der Waals surface area contributed by atoms with Crippen molar-refractivity contribution in [3.8, 4) is 0 Å². The zero-order valence-electron chi connectivity index (χ0n) is 45.9. The highest BCUT2D eigenvalue weighted by atomic mass is 16.6. The number of carbonyl (C=O) groups is 3. The van der Waals surface area contributed by atoms with E-state index >= 15 is 0 Å². The van der Waals surface area contributed by atoms with E-state index in [1.165, 1.54) is 244 Å². The highest BCUT2D eigenvalue weighted by Crippen LogP contribution is 2.18. The van der Waals surface area contributed by atoms with E-state index in [1.54, 1.807) is 0 Å². The lowest BCUT2D eigenvalue weighted by molar-refractivity contribution is -0.167. The van der Waals surface area contributed by atoms with Gasteiger partial charge < -0.3 is 14.2 Å². The van der Waals surface area contributed by atoms with Crippen LogP contribution in [0.1, 0.15) is 349 Å². The summed E-state index contributed by atoms with van der Waals surface area (Å²) in [6, 6.07) is 0. The number of esters is 3. The molecule has 6 heteroatoms. The Morgan fingerprint density at radius 3 is 0.731 bits per heavy atom. The summed E-state index contributed by atoms with van der Waals surface area (Å²) in [7, 11) is 0. The molecule has 0 aliphatic heterocycles. The minimum atomic E-state index is -0.762. The lowest BCUT2D eigenvalue weighted by atomic mass is 10.0. The van der Waals surface area contributed by atoms with Crippen molar-refractivity contribution in [2.45, 2.75) is 355 Å². The first-order valence-corrected chi connectivity index (χ1v) is 30.4. The first-order valence-electron chi connectivity index (χ1n) is 30.4. The Kier molecular flexibility index (Phi) is 54.0. The van der Waals surface area contributed by atoms with E-state index in [0.717, 1.165) is 63.7 Å². The molecule has 398 valence electrons. The lowest BCUT2D eigenvalue weighted by Crippen LogP contribution is -2.30. The molecular formula is C61H118O6. The molecule has 0 aromatic heterocycles. The Morgan fingerprint density at radius 1 is 0.284 bits per heavy atom. The van der Waals surface area contributed by atoms with E-state index < -0.39 is 6.10 Å². The summed E-state index contributed by atoms with van der Waals surface area (Å²) in [5, 5.41) is 0. The quantitative estimate of drug-likeness (QED) is 0.0343. The SMILES string of the molecule is CCCCCCCCCCCCCCCCCCCCCC(=O)O[C@H](COC(=O)CCCCCCCCCCCCCCCCCCCC)COC(=O)CCCCCCCCCCCC(C)C. The number of hydrogen-bond donors (Lipinski definition) is 0. The molecule has 1 atom stereocenters. The van der Waals surface area contributed by atoms with Crippen molar-refractivity contribution in [1.29, 1.82) is 0 Å². The van der Waals surface area contributed by atoms with Crippen molar-refractivity contribution in [2.24, 2.45) is 5.92 Å². The molecule has 0 spiro atoms. The van der Waals surface area contributed by atoms with Gasteiger partial charge >= 0.3 is 17.9 Å². The maximum Gasteiger partial charge on any atom is 0.306 e. The molecule has 0 amide bonds. The van der Waals surface area contributed by atoms with Crippen LogP contribution in [0, 0.1) is 5.92 Å². The molecule has 0 saturated carbocycles. The van der Waals surface area contributed by atoms with Crippen LogP contribution in [0.2, 0.25) is 0 Å². The fraction of sp³-hybridized carbons (Fsp3) is 0.951. The average molecular weight is 948 g/mol. The third-order valence-corrected chi connectivity index (χ3v) is 14.0. The van der Waals surface area contributed by atoms with Crippen molar-refractivity contribution in [3.05, 3.63) is 0 Å². The van der Waals surface area contributed by atoms with E-state index in [4.69, 9.17) is 14.2 Å². The summed E-state index contributed by atoms with van der Waals surface area (Å²) < 4.78 is 16.9. The molecule has 6 nitrogen and oxygen atoms in total. The topological polar surface area (TPSA) is 78.9 Å². The Balaban J connectivity index is 4.25. The fourth-order valence-corrected chi connectivity index (χ4v) is 9.46. The van der Waals surface area contributed by atoms with Gasteiger partial charge in [0.05, 0.1) is 0 Å². The Bertz CT molecular complexity index is 1010. The summed E-state index contributed by atoms with van der Waals surface area (Å²) in [4.78, 5) is 38.2. The maximum atomic E-state index is 12.9. The van der Waals surface area contributed by atoms with Gasteiger partial charge in [-0.3, -0.25) is 14.4 Å². The van der Waals surface area contributed by atoms with Crippen LogP contribution in [-0.2, 0) is 28.6 Å². The second-order valence-electron chi connectivity index (χ2n) is 21.5. The second kappa shape index (κ2) is 55.3. The number of hydrogen-bond acceptors (Lipinski definition) is 6. The minimum Gasteiger partial charge on any atom is -0.462 e. The van der Waals surface area contributed by atoms with Crippen LogP contribution >= 0.6 is 0 Å². The molecule has 0 aliphatic rings. The van der Waals surface area contributed by atoms with Gasteiger partial charge in [0.1, 0.15) is 13.2 Å². The number of carbonyl (C=O) groups excluding carboxylic acids is 3. The largest absolute Gasteiger partial charge is 0.462 e. The predicted octanol–water partition coefficient (Wildman–Crippen LogP) is 20.2. The molecule has 0 fully saturated rings. The summed E-state index contributed by atoms with van der Waals surface area (Å²) in [6.45, 7) is 9.05. The fourth-order valence-electron chi connectivity index (χ4n) is 9.46. The van der Waals surface area contributed by atoms with Crippen molar-refractivity contribution >= 4 is 17.9 Å². The molecule has 0 bridgehead atoms. The Morgan fingerprint density at radius 2 is 0.493 bits per heavy atom. The van der Waals surface area contributed by atoms with Crippen LogP contribution in [0.25, 0.3) is 0 Å². The van der Waals surface area contributed by atoms with Gasteiger partial charge in [0, 0.05) is 19.3 Å². The third-order valence-electron chi connectivity index (χ3n) is 14.0. The average Bonchev–Trinajstić information content (AvgIpc) is 3.31. The van der Waals surface area contributed by atoms with Crippen LogP contribution in [0.15, 0.2) is 0 Å². The van der Waals surface area contributed by atoms with E-state index in [-0.39, 0.29) is 31.1 Å². The zero-order valence-corrected chi connectivity index (χ0v) is 45.9. The van der Waals surface area contributed by atoms with Gasteiger partial charge in [0.25, 0.3) is 0 Å². The van der Waals surface area contributed by atoms with Crippen LogP contribution in [0.3, 0.4) is 0 Å². The molecule has 0 N–H and O–H groups in total. The summed E-state index contributed by atoms with van der Waals surface area (Å²) in [6.07, 6.45) is 61.1. The van der Waals surface area contributed by atoms with Crippen LogP contribution in [0.4, 0.5) is 0 Å². The Hall–Kier alpha value is -1.59. The van der Waals surface area contributed by atoms with Gasteiger partial charge in [0.15, 0.2) is 6.10 Å². The number of unbranched alkanes of at least 4 members (excludes halogenated alkanes) is 43. The standard InChI is InChI=1S/C61H118O6/c1-5-7-9-11-13-15-17-19-21-23-25-27-29-31-33-37-42-46-50-54-61(64)67-58(56-66-60(63)53-49-45-41-38-34-35-39-43-47-51-57(3)4)55-65-59(62)52-48-44-40-36-32-30-28-26-24-22-20-18-16-14-12-10-8-6-2/h57-58H,5-56H2,1-4H3/t58-/m1/s1. The van der Waals surface area contributed by atoms with Crippen LogP contribution in [0.5, 0.6) is 0 Å². The summed E-state index contributed by atoms with van der Waals surface area (Å²) in [5.41, 5.74) is 0. The van der Waals surface area contributed by atoms with Crippen molar-refractivity contribution in [3.63, 3.8) is 0 Å². The number of rotatable bonds is 56. The molecule has 0 aromatic rings. The lowest BCUT2D eigenvalue weighted by Gasteiger charge is -2.18. The molecule has 0 rings (SSSR count). The highest BCUT2D eigenvalue weighted by Gasteiger charge is 2.19. The van der Waals surface area contributed by atoms with Gasteiger partial charge in [-0.2, -0.15) is 0 Å². The monoisotopic (exact) mass is 947 g/mol. The summed E-state index contributed by atoms with van der Waals surface area (Å²) in [5.74, 6) is -0.0257. The zero-order chi connectivity index (χ0) is 48.8. The van der Waals surface area contributed by atoms with Crippen molar-refractivity contribution in [1.82, 2.24) is 0 Å². The van der Waals surface area contributed by atoms with E-state index in [0.29, 0.717) is 19.3 Å². The van der Waals surface area contributed by atoms with Gasteiger partial charge in [-0.1, -0.05) is 310 Å². The molecule has 0 heterocycles. The third kappa shape index (κ3) is 55.2. The van der Waals surface area contributed by atoms with Crippen molar-refractivity contribution in [2.75, 3.05) is 13.2 Å². The first-order chi connectivity index (χ1) is 32.9. The second-order valence-corrected chi connectivity index (χ2v) is 21.5. The molecule has 0 aliphatic carbocycles. The molecule has 0 saturated heterocycles. The van der Waals surface area contributed by atoms with Crippen LogP contribution in [-0.4, -0.2) is 37.2 Å². The van der Waals surface area contributed by atoms with E-state index in [2.05, 4.69) is 27.7 Å². The predicted molar refractivity (Wildman–Crippen MR) is 289 cm³/mol. The van der Waals surface area contributed by atoms with Crippen LogP contribution < -0.4 is 0 Å². The normalized spacial score (nSPS) is 12.0. The van der Waals surface area contributed by atoms with E-state index in [9.17, 15) is 14.4 Å². The summed E-state index contributed by atoms with van der Waals surface area (Å²) >= 11 is 0.